The van der Waals surface area contributed by atoms with Gasteiger partial charge in [0.25, 0.3) is 0 Å². The van der Waals surface area contributed by atoms with Crippen molar-refractivity contribution in [1.82, 2.24) is 4.90 Å². The molecule has 0 bridgehead atoms. The first kappa shape index (κ1) is 11.5. The van der Waals surface area contributed by atoms with Gasteiger partial charge in [-0.3, -0.25) is 0 Å². The van der Waals surface area contributed by atoms with Crippen LogP contribution in [0.3, 0.4) is 0 Å². The molecule has 0 unspecified atom stereocenters. The van der Waals surface area contributed by atoms with E-state index < -0.39 is 7.25 Å². The zero-order chi connectivity index (χ0) is 8.08. The molecule has 0 atom stereocenters. The van der Waals surface area contributed by atoms with E-state index in [9.17, 15) is 17.3 Å². The van der Waals surface area contributed by atoms with E-state index in [0.717, 1.165) is 0 Å². The van der Waals surface area contributed by atoms with Gasteiger partial charge in [-0.15, -0.1) is 0 Å². The Kier molecular flexibility index (Phi) is 5.90. The van der Waals surface area contributed by atoms with Gasteiger partial charge >= 0.3 is 7.25 Å². The molecule has 0 radical (unpaired) electrons. The van der Waals surface area contributed by atoms with E-state index in [1.54, 1.807) is 0 Å². The minimum atomic E-state index is -6.00. The fraction of sp³-hybridized carbons (Fsp3) is 1.00. The molecule has 0 aromatic rings. The summed E-state index contributed by atoms with van der Waals surface area (Å²) in [6.45, 7) is 0. The predicted molar refractivity (Wildman–Crippen MR) is 29.8 cm³/mol. The Balaban J connectivity index is 0. The first-order valence-electron chi connectivity index (χ1n) is 2.21. The lowest BCUT2D eigenvalue weighted by Crippen LogP contribution is -2.02. The second kappa shape index (κ2) is 4.61. The van der Waals surface area contributed by atoms with Crippen molar-refractivity contribution < 1.29 is 17.3 Å². The molecule has 0 heterocycles. The van der Waals surface area contributed by atoms with Crippen molar-refractivity contribution >= 4 is 7.25 Å². The van der Waals surface area contributed by atoms with Gasteiger partial charge in [-0.25, -0.2) is 0 Å². The van der Waals surface area contributed by atoms with Crippen LogP contribution in [-0.2, 0) is 0 Å². The molecular formula is C3H9BF4N-. The van der Waals surface area contributed by atoms with Crippen LogP contribution in [0.2, 0.25) is 0 Å². The van der Waals surface area contributed by atoms with Gasteiger partial charge in [0.2, 0.25) is 0 Å². The zero-order valence-electron chi connectivity index (χ0n) is 5.54. The van der Waals surface area contributed by atoms with Gasteiger partial charge in [-0.05, 0) is 21.1 Å². The van der Waals surface area contributed by atoms with E-state index >= 15 is 0 Å². The molecule has 0 aliphatic heterocycles. The van der Waals surface area contributed by atoms with Gasteiger partial charge in [0.15, 0.2) is 0 Å². The average Bonchev–Trinajstić information content (AvgIpc) is 1.19. The minimum Gasteiger partial charge on any atom is -0.418 e. The van der Waals surface area contributed by atoms with Crippen LogP contribution in [0.25, 0.3) is 0 Å². The summed E-state index contributed by atoms with van der Waals surface area (Å²) in [5.41, 5.74) is 0. The smallest absolute Gasteiger partial charge is 0.418 e. The molecule has 6 heteroatoms. The zero-order valence-corrected chi connectivity index (χ0v) is 5.54. The largest absolute Gasteiger partial charge is 0.673 e. The fourth-order valence-corrected chi connectivity index (χ4v) is 0. The highest BCUT2D eigenvalue weighted by Crippen LogP contribution is 2.06. The van der Waals surface area contributed by atoms with Crippen molar-refractivity contribution in [2.45, 2.75) is 0 Å². The summed E-state index contributed by atoms with van der Waals surface area (Å²) in [4.78, 5) is 2.00. The summed E-state index contributed by atoms with van der Waals surface area (Å²) < 4.78 is 39.0. The van der Waals surface area contributed by atoms with E-state index in [-0.39, 0.29) is 0 Å². The van der Waals surface area contributed by atoms with Gasteiger partial charge < -0.3 is 22.2 Å². The van der Waals surface area contributed by atoms with E-state index in [1.165, 1.54) is 0 Å². The summed E-state index contributed by atoms with van der Waals surface area (Å²) in [6, 6.07) is 0. The fourth-order valence-electron chi connectivity index (χ4n) is 0. The van der Waals surface area contributed by atoms with Gasteiger partial charge in [0.05, 0.1) is 0 Å². The maximum Gasteiger partial charge on any atom is 0.673 e. The third-order valence-electron chi connectivity index (χ3n) is 0. The van der Waals surface area contributed by atoms with E-state index in [4.69, 9.17) is 0 Å². The predicted octanol–water partition coefficient (Wildman–Crippen LogP) is 1.48. The van der Waals surface area contributed by atoms with Gasteiger partial charge in [0.1, 0.15) is 0 Å². The number of halogens is 4. The monoisotopic (exact) mass is 146 g/mol. The summed E-state index contributed by atoms with van der Waals surface area (Å²) in [6.07, 6.45) is 0. The van der Waals surface area contributed by atoms with E-state index in [2.05, 4.69) is 0 Å². The molecule has 0 spiro atoms. The first-order valence-corrected chi connectivity index (χ1v) is 2.21. The second-order valence-electron chi connectivity index (χ2n) is 1.84. The van der Waals surface area contributed by atoms with Crippen LogP contribution >= 0.6 is 0 Å². The second-order valence-corrected chi connectivity index (χ2v) is 1.84. The van der Waals surface area contributed by atoms with Crippen LogP contribution in [0.5, 0.6) is 0 Å². The standard InChI is InChI=1S/C3H9N.BF4/c1-4(2)3;2-1(3,4)5/h1-3H3;/q;-1. The Labute approximate surface area is 51.8 Å². The van der Waals surface area contributed by atoms with Crippen molar-refractivity contribution in [1.29, 1.82) is 0 Å². The quantitative estimate of drug-likeness (QED) is 0.369. The molecular weight excluding hydrogens is 137 g/mol. The Morgan fingerprint density at radius 2 is 0.889 bits per heavy atom. The molecule has 58 valence electrons. The Morgan fingerprint density at radius 1 is 0.889 bits per heavy atom. The molecule has 0 rings (SSSR count). The SMILES string of the molecule is CN(C)C.F[B-](F)(F)F. The summed E-state index contributed by atoms with van der Waals surface area (Å²) in [5, 5.41) is 0. The van der Waals surface area contributed by atoms with Crippen LogP contribution in [0, 0.1) is 0 Å². The van der Waals surface area contributed by atoms with Crippen LogP contribution in [0.1, 0.15) is 0 Å². The molecule has 0 saturated heterocycles. The maximum atomic E-state index is 9.75. The molecule has 0 amide bonds. The topological polar surface area (TPSA) is 3.24 Å². The van der Waals surface area contributed by atoms with E-state index in [1.807, 2.05) is 26.0 Å². The van der Waals surface area contributed by atoms with Crippen LogP contribution in [0.4, 0.5) is 17.3 Å². The van der Waals surface area contributed by atoms with Gasteiger partial charge in [-0.2, -0.15) is 0 Å². The first-order chi connectivity index (χ1) is 3.73. The highest BCUT2D eigenvalue weighted by Gasteiger charge is 2.20. The summed E-state index contributed by atoms with van der Waals surface area (Å²) in [7, 11) is 0. The number of hydrogen-bond donors (Lipinski definition) is 0. The molecule has 0 saturated carbocycles. The van der Waals surface area contributed by atoms with Gasteiger partial charge in [0, 0.05) is 0 Å². The molecule has 0 aliphatic carbocycles. The Bertz CT molecular complexity index is 52.6. The lowest BCUT2D eigenvalue weighted by atomic mass is 10.3. The highest BCUT2D eigenvalue weighted by atomic mass is 19.5. The van der Waals surface area contributed by atoms with Gasteiger partial charge in [-0.1, -0.05) is 0 Å². The van der Waals surface area contributed by atoms with Crippen molar-refractivity contribution in [2.75, 3.05) is 21.1 Å². The average molecular weight is 146 g/mol. The normalized spacial score (nSPS) is 10.7. The van der Waals surface area contributed by atoms with Crippen molar-refractivity contribution in [3.05, 3.63) is 0 Å². The highest BCUT2D eigenvalue weighted by molar-refractivity contribution is 6.50. The minimum absolute atomic E-state index is 2.00. The lowest BCUT2D eigenvalue weighted by Gasteiger charge is -1.94. The third-order valence-corrected chi connectivity index (χ3v) is 0. The molecule has 0 aromatic carbocycles. The number of rotatable bonds is 0. The van der Waals surface area contributed by atoms with Crippen LogP contribution < -0.4 is 0 Å². The van der Waals surface area contributed by atoms with Crippen molar-refractivity contribution in [2.24, 2.45) is 0 Å². The maximum absolute atomic E-state index is 9.75. The Hall–Kier alpha value is -0.255. The summed E-state index contributed by atoms with van der Waals surface area (Å²) >= 11 is 0. The molecule has 1 nitrogen and oxygen atoms in total. The third kappa shape index (κ3) is 3930. The molecule has 0 fully saturated rings. The lowest BCUT2D eigenvalue weighted by molar-refractivity contribution is 0.368. The van der Waals surface area contributed by atoms with Crippen LogP contribution in [0.15, 0.2) is 0 Å². The molecule has 0 aliphatic rings. The number of hydrogen-bond acceptors (Lipinski definition) is 1. The van der Waals surface area contributed by atoms with Crippen molar-refractivity contribution in [3.8, 4) is 0 Å². The summed E-state index contributed by atoms with van der Waals surface area (Å²) in [5.74, 6) is 0. The molecule has 0 aromatic heterocycles. The van der Waals surface area contributed by atoms with Crippen molar-refractivity contribution in [3.63, 3.8) is 0 Å². The molecule has 0 N–H and O–H groups in total. The Morgan fingerprint density at radius 3 is 0.889 bits per heavy atom. The molecule has 9 heavy (non-hydrogen) atoms. The number of nitrogens with zero attached hydrogens (tertiary/aromatic N) is 1. The van der Waals surface area contributed by atoms with Crippen LogP contribution in [-0.4, -0.2) is 33.3 Å². The van der Waals surface area contributed by atoms with E-state index in [0.29, 0.717) is 0 Å².